The molecule has 0 fully saturated rings. The van der Waals surface area contributed by atoms with Crippen LogP contribution in [0.15, 0.2) is 48.9 Å². The summed E-state index contributed by atoms with van der Waals surface area (Å²) >= 11 is 0. The van der Waals surface area contributed by atoms with E-state index in [0.717, 1.165) is 27.9 Å². The van der Waals surface area contributed by atoms with Crippen LogP contribution in [0.4, 0.5) is 4.39 Å². The Morgan fingerprint density at radius 1 is 1.20 bits per heavy atom. The number of fused-ring (bicyclic) bond motifs is 1. The number of carbonyl (C=O) groups is 1. The number of Topliss-reactive ketones (excluding diaryl/α,β-unsaturated/α-hetero) is 1. The zero-order valence-electron chi connectivity index (χ0n) is 13.7. The van der Waals surface area contributed by atoms with Gasteiger partial charge >= 0.3 is 0 Å². The molecule has 0 saturated heterocycles. The van der Waals surface area contributed by atoms with Gasteiger partial charge in [0.05, 0.1) is 11.9 Å². The minimum Gasteiger partial charge on any atom is -0.294 e. The maximum Gasteiger partial charge on any atom is 0.169 e. The number of allylic oxidation sites excluding steroid dienone is 1. The van der Waals surface area contributed by atoms with Crippen molar-refractivity contribution in [2.24, 2.45) is 7.05 Å². The topological polar surface area (TPSA) is 47.8 Å². The van der Waals surface area contributed by atoms with E-state index in [-0.39, 0.29) is 11.6 Å². The normalized spacial score (nSPS) is 13.1. The second-order valence-corrected chi connectivity index (χ2v) is 6.14. The van der Waals surface area contributed by atoms with Crippen LogP contribution in [0.1, 0.15) is 33.6 Å². The molecule has 4 nitrogen and oxygen atoms in total. The van der Waals surface area contributed by atoms with E-state index >= 15 is 0 Å². The van der Waals surface area contributed by atoms with Gasteiger partial charge in [-0.15, -0.1) is 0 Å². The van der Waals surface area contributed by atoms with Crippen molar-refractivity contribution in [1.29, 1.82) is 0 Å². The summed E-state index contributed by atoms with van der Waals surface area (Å²) in [5, 5.41) is 4.20. The summed E-state index contributed by atoms with van der Waals surface area (Å²) in [4.78, 5) is 17.1. The molecule has 0 unspecified atom stereocenters. The Morgan fingerprint density at radius 3 is 2.72 bits per heavy atom. The molecular formula is C20H16FN3O. The summed E-state index contributed by atoms with van der Waals surface area (Å²) in [5.41, 5.74) is 5.02. The van der Waals surface area contributed by atoms with Gasteiger partial charge < -0.3 is 0 Å². The first-order valence-electron chi connectivity index (χ1n) is 8.07. The number of carbonyl (C=O) groups excluding carboxylic acids is 1. The molecule has 0 aliphatic heterocycles. The number of pyridine rings is 1. The molecule has 3 aromatic rings. The first-order valence-corrected chi connectivity index (χ1v) is 8.07. The van der Waals surface area contributed by atoms with Crippen molar-refractivity contribution >= 4 is 11.9 Å². The lowest BCUT2D eigenvalue weighted by Gasteiger charge is -2.17. The van der Waals surface area contributed by atoms with Gasteiger partial charge in [-0.3, -0.25) is 14.5 Å². The zero-order valence-corrected chi connectivity index (χ0v) is 13.7. The molecule has 0 atom stereocenters. The Hall–Kier alpha value is -3.08. The number of ketones is 1. The van der Waals surface area contributed by atoms with Crippen molar-refractivity contribution in [2.45, 2.75) is 12.8 Å². The van der Waals surface area contributed by atoms with E-state index in [9.17, 15) is 9.18 Å². The van der Waals surface area contributed by atoms with Crippen LogP contribution in [0, 0.1) is 5.82 Å². The predicted molar refractivity (Wildman–Crippen MR) is 93.6 cm³/mol. The molecule has 2 heterocycles. The van der Waals surface area contributed by atoms with Gasteiger partial charge in [0.25, 0.3) is 0 Å². The summed E-state index contributed by atoms with van der Waals surface area (Å²) in [6, 6.07) is 6.30. The van der Waals surface area contributed by atoms with Gasteiger partial charge in [-0.2, -0.15) is 5.10 Å². The van der Waals surface area contributed by atoms with Crippen molar-refractivity contribution < 1.29 is 9.18 Å². The Bertz CT molecular complexity index is 987. The summed E-state index contributed by atoms with van der Waals surface area (Å²) in [6.07, 6.45) is 10.2. The fourth-order valence-corrected chi connectivity index (χ4v) is 3.16. The summed E-state index contributed by atoms with van der Waals surface area (Å²) in [6.45, 7) is 0. The van der Waals surface area contributed by atoms with Crippen LogP contribution in [0.25, 0.3) is 17.2 Å². The highest BCUT2D eigenvalue weighted by Crippen LogP contribution is 2.32. The molecule has 1 aliphatic rings. The van der Waals surface area contributed by atoms with E-state index in [2.05, 4.69) is 10.1 Å². The minimum absolute atomic E-state index is 0.0628. The number of hydrogen-bond acceptors (Lipinski definition) is 3. The van der Waals surface area contributed by atoms with Crippen molar-refractivity contribution in [3.8, 4) is 11.1 Å². The third-order valence-corrected chi connectivity index (χ3v) is 4.36. The Kier molecular flexibility index (Phi) is 3.76. The smallest absolute Gasteiger partial charge is 0.169 e. The molecule has 4 rings (SSSR count). The van der Waals surface area contributed by atoms with Crippen LogP contribution in [0.3, 0.4) is 0 Å². The van der Waals surface area contributed by atoms with E-state index in [1.165, 1.54) is 12.1 Å². The van der Waals surface area contributed by atoms with Gasteiger partial charge in [-0.1, -0.05) is 24.3 Å². The third-order valence-electron chi connectivity index (χ3n) is 4.36. The highest BCUT2D eigenvalue weighted by Gasteiger charge is 2.22. The molecular weight excluding hydrogens is 317 g/mol. The number of aryl methyl sites for hydroxylation is 1. The second kappa shape index (κ2) is 6.09. The van der Waals surface area contributed by atoms with Gasteiger partial charge in [0.15, 0.2) is 5.78 Å². The quantitative estimate of drug-likeness (QED) is 0.732. The Morgan fingerprint density at radius 2 is 2.00 bits per heavy atom. The number of halogens is 1. The molecule has 0 radical (unpaired) electrons. The predicted octanol–water partition coefficient (Wildman–Crippen LogP) is 3.81. The van der Waals surface area contributed by atoms with Crippen LogP contribution >= 0.6 is 0 Å². The summed E-state index contributed by atoms with van der Waals surface area (Å²) in [7, 11) is 1.85. The summed E-state index contributed by atoms with van der Waals surface area (Å²) in [5.74, 6) is -0.211. The molecule has 0 spiro atoms. The molecule has 2 aromatic heterocycles. The van der Waals surface area contributed by atoms with Crippen molar-refractivity contribution in [3.63, 3.8) is 0 Å². The van der Waals surface area contributed by atoms with Crippen LogP contribution in [0.2, 0.25) is 0 Å². The Labute approximate surface area is 144 Å². The van der Waals surface area contributed by atoms with Gasteiger partial charge in [0.2, 0.25) is 0 Å². The SMILES string of the molecule is Cn1cc(-c2cnc(Cc3ccc(F)cc3)c3c2C=CCC3=O)cn1. The molecule has 0 N–H and O–H groups in total. The number of nitrogens with zero attached hydrogens (tertiary/aromatic N) is 3. The van der Waals surface area contributed by atoms with Gasteiger partial charge in [-0.05, 0) is 23.3 Å². The average molecular weight is 333 g/mol. The second-order valence-electron chi connectivity index (χ2n) is 6.14. The fourth-order valence-electron chi connectivity index (χ4n) is 3.16. The average Bonchev–Trinajstić information content (AvgIpc) is 3.03. The number of hydrogen-bond donors (Lipinski definition) is 0. The number of benzene rings is 1. The van der Waals surface area contributed by atoms with E-state index in [1.807, 2.05) is 25.4 Å². The number of rotatable bonds is 3. The molecule has 1 aromatic carbocycles. The van der Waals surface area contributed by atoms with E-state index in [4.69, 9.17) is 0 Å². The van der Waals surface area contributed by atoms with E-state index in [1.54, 1.807) is 29.2 Å². The standard InChI is InChI=1S/C20H16FN3O/c1-24-12-14(10-23-24)17-11-22-18(9-13-5-7-15(21)8-6-13)20-16(17)3-2-4-19(20)25/h2-3,5-8,10-12H,4,9H2,1H3. The first kappa shape index (κ1) is 15.4. The van der Waals surface area contributed by atoms with Crippen molar-refractivity contribution in [2.75, 3.05) is 0 Å². The van der Waals surface area contributed by atoms with Crippen LogP contribution in [0.5, 0.6) is 0 Å². The van der Waals surface area contributed by atoms with Crippen LogP contribution in [-0.4, -0.2) is 20.5 Å². The molecule has 25 heavy (non-hydrogen) atoms. The van der Waals surface area contributed by atoms with E-state index < -0.39 is 0 Å². The molecule has 124 valence electrons. The first-order chi connectivity index (χ1) is 12.1. The minimum atomic E-state index is -0.273. The van der Waals surface area contributed by atoms with Crippen LogP contribution in [-0.2, 0) is 13.5 Å². The summed E-state index contributed by atoms with van der Waals surface area (Å²) < 4.78 is 14.8. The third kappa shape index (κ3) is 2.89. The number of aromatic nitrogens is 3. The fraction of sp³-hybridized carbons (Fsp3) is 0.150. The maximum absolute atomic E-state index is 13.1. The van der Waals surface area contributed by atoms with Crippen LogP contribution < -0.4 is 0 Å². The monoisotopic (exact) mass is 333 g/mol. The molecule has 0 bridgehead atoms. The molecule has 1 aliphatic carbocycles. The largest absolute Gasteiger partial charge is 0.294 e. The molecule has 0 saturated carbocycles. The van der Waals surface area contributed by atoms with E-state index in [0.29, 0.717) is 18.4 Å². The highest BCUT2D eigenvalue weighted by molar-refractivity contribution is 6.05. The van der Waals surface area contributed by atoms with Gasteiger partial charge in [-0.25, -0.2) is 4.39 Å². The molecule has 5 heteroatoms. The lowest BCUT2D eigenvalue weighted by Crippen LogP contribution is -2.12. The highest BCUT2D eigenvalue weighted by atomic mass is 19.1. The lowest BCUT2D eigenvalue weighted by molar-refractivity contribution is 0.0993. The van der Waals surface area contributed by atoms with Crippen molar-refractivity contribution in [3.05, 3.63) is 77.1 Å². The van der Waals surface area contributed by atoms with Gasteiger partial charge in [0, 0.05) is 49.0 Å². The van der Waals surface area contributed by atoms with Gasteiger partial charge in [0.1, 0.15) is 5.82 Å². The lowest BCUT2D eigenvalue weighted by atomic mass is 9.88. The maximum atomic E-state index is 13.1. The zero-order chi connectivity index (χ0) is 17.4. The van der Waals surface area contributed by atoms with Crippen molar-refractivity contribution in [1.82, 2.24) is 14.8 Å². The molecule has 0 amide bonds. The Balaban J connectivity index is 1.82.